The number of ether oxygens (including phenoxy) is 1. The first-order valence-electron chi connectivity index (χ1n) is 8.47. The normalized spacial score (nSPS) is 12.9. The van der Waals surface area contributed by atoms with Crippen LogP contribution < -0.4 is 10.6 Å². The first-order chi connectivity index (χ1) is 13.4. The van der Waals surface area contributed by atoms with E-state index in [0.717, 1.165) is 0 Å². The number of nitrogens with zero attached hydrogens (tertiary/aromatic N) is 2. The number of carbonyl (C=O) groups excluding carboxylic acids is 2. The standard InChI is InChI=1S/C17H21ClN4O6S/c1-10(19-15(24)28-17(2,3)4)14-21-22-16(27-14)29(25,26)9-13(23)20-12-7-5-6-11(18)8-12/h5-8,10H,9H2,1-4H3,(H,19,24)(H,20,23)/t10-/m0/s1. The van der Waals surface area contributed by atoms with Gasteiger partial charge >= 0.3 is 11.3 Å². The average molecular weight is 445 g/mol. The zero-order valence-electron chi connectivity index (χ0n) is 16.2. The molecule has 2 N–H and O–H groups in total. The highest BCUT2D eigenvalue weighted by molar-refractivity contribution is 7.91. The molecule has 2 rings (SSSR count). The van der Waals surface area contributed by atoms with Gasteiger partial charge in [-0.05, 0) is 45.9 Å². The maximum atomic E-state index is 12.4. The number of sulfone groups is 1. The first-order valence-corrected chi connectivity index (χ1v) is 10.5. The van der Waals surface area contributed by atoms with Crippen molar-refractivity contribution in [3.05, 3.63) is 35.2 Å². The summed E-state index contributed by atoms with van der Waals surface area (Å²) in [7, 11) is -4.19. The molecule has 10 nitrogen and oxygen atoms in total. The Kier molecular flexibility index (Phi) is 6.85. The fourth-order valence-electron chi connectivity index (χ4n) is 2.06. The quantitative estimate of drug-likeness (QED) is 0.692. The molecule has 1 heterocycles. The van der Waals surface area contributed by atoms with Crippen molar-refractivity contribution in [2.45, 2.75) is 44.6 Å². The summed E-state index contributed by atoms with van der Waals surface area (Å²) in [5.74, 6) is -1.86. The molecule has 0 fully saturated rings. The number of amides is 2. The van der Waals surface area contributed by atoms with Gasteiger partial charge in [0.2, 0.25) is 21.6 Å². The number of hydrogen-bond donors (Lipinski definition) is 2. The molecule has 0 saturated carbocycles. The molecule has 1 aromatic heterocycles. The molecule has 29 heavy (non-hydrogen) atoms. The highest BCUT2D eigenvalue weighted by Gasteiger charge is 2.28. The van der Waals surface area contributed by atoms with Crippen LogP contribution in [0.15, 0.2) is 33.9 Å². The predicted octanol–water partition coefficient (Wildman–Crippen LogP) is 2.72. The minimum absolute atomic E-state index is 0.148. The van der Waals surface area contributed by atoms with Crippen molar-refractivity contribution in [3.8, 4) is 0 Å². The van der Waals surface area contributed by atoms with Gasteiger partial charge in [0.1, 0.15) is 17.4 Å². The van der Waals surface area contributed by atoms with Crippen molar-refractivity contribution >= 4 is 39.1 Å². The van der Waals surface area contributed by atoms with E-state index in [-0.39, 0.29) is 5.89 Å². The van der Waals surface area contributed by atoms with E-state index < -0.39 is 44.5 Å². The largest absolute Gasteiger partial charge is 0.444 e. The number of alkyl carbamates (subject to hydrolysis) is 1. The lowest BCUT2D eigenvalue weighted by molar-refractivity contribution is -0.113. The van der Waals surface area contributed by atoms with Crippen molar-refractivity contribution in [1.29, 1.82) is 0 Å². The van der Waals surface area contributed by atoms with Gasteiger partial charge in [0.25, 0.3) is 0 Å². The SMILES string of the molecule is C[C@H](NC(=O)OC(C)(C)C)c1nnc(S(=O)(=O)CC(=O)Nc2cccc(Cl)c2)o1. The third-order valence-corrected chi connectivity index (χ3v) is 4.80. The van der Waals surface area contributed by atoms with E-state index in [0.29, 0.717) is 10.7 Å². The third kappa shape index (κ3) is 7.02. The number of benzene rings is 1. The topological polar surface area (TPSA) is 140 Å². The maximum absolute atomic E-state index is 12.4. The van der Waals surface area contributed by atoms with Gasteiger partial charge in [0, 0.05) is 10.7 Å². The summed E-state index contributed by atoms with van der Waals surface area (Å²) in [5.41, 5.74) is -0.358. The van der Waals surface area contributed by atoms with Crippen molar-refractivity contribution in [3.63, 3.8) is 0 Å². The van der Waals surface area contributed by atoms with Gasteiger partial charge in [-0.25, -0.2) is 13.2 Å². The second-order valence-electron chi connectivity index (χ2n) is 7.09. The molecule has 12 heteroatoms. The third-order valence-electron chi connectivity index (χ3n) is 3.22. The number of anilines is 1. The van der Waals surface area contributed by atoms with E-state index >= 15 is 0 Å². The summed E-state index contributed by atoms with van der Waals surface area (Å²) in [6.45, 7) is 6.61. The van der Waals surface area contributed by atoms with Crippen LogP contribution in [0.2, 0.25) is 5.02 Å². The molecule has 1 atom stereocenters. The second-order valence-corrected chi connectivity index (χ2v) is 9.40. The zero-order valence-corrected chi connectivity index (χ0v) is 17.8. The van der Waals surface area contributed by atoms with Gasteiger partial charge in [-0.15, -0.1) is 5.10 Å². The molecule has 0 aliphatic rings. The number of nitrogens with one attached hydrogen (secondary N) is 2. The highest BCUT2D eigenvalue weighted by atomic mass is 35.5. The van der Waals surface area contributed by atoms with E-state index in [1.54, 1.807) is 39.0 Å². The van der Waals surface area contributed by atoms with E-state index in [1.165, 1.54) is 13.0 Å². The average Bonchev–Trinajstić information content (AvgIpc) is 3.03. The highest BCUT2D eigenvalue weighted by Crippen LogP contribution is 2.18. The van der Waals surface area contributed by atoms with Gasteiger partial charge in [-0.2, -0.15) is 0 Å². The number of carbonyl (C=O) groups is 2. The Morgan fingerprint density at radius 1 is 1.28 bits per heavy atom. The lowest BCUT2D eigenvalue weighted by Gasteiger charge is -2.20. The van der Waals surface area contributed by atoms with Gasteiger partial charge in [0.15, 0.2) is 0 Å². The number of aromatic nitrogens is 2. The Morgan fingerprint density at radius 3 is 2.59 bits per heavy atom. The van der Waals surface area contributed by atoms with Crippen LogP contribution in [0.25, 0.3) is 0 Å². The van der Waals surface area contributed by atoms with Crippen LogP contribution in [0.4, 0.5) is 10.5 Å². The molecule has 2 amide bonds. The van der Waals surface area contributed by atoms with Crippen LogP contribution in [0, 0.1) is 0 Å². The Balaban J connectivity index is 2.02. The molecule has 158 valence electrons. The minimum atomic E-state index is -4.19. The molecule has 0 radical (unpaired) electrons. The van der Waals surface area contributed by atoms with Gasteiger partial charge in [0.05, 0.1) is 0 Å². The lowest BCUT2D eigenvalue weighted by atomic mass is 10.2. The lowest BCUT2D eigenvalue weighted by Crippen LogP contribution is -2.34. The summed E-state index contributed by atoms with van der Waals surface area (Å²) in [6.07, 6.45) is -0.728. The van der Waals surface area contributed by atoms with Crippen molar-refractivity contribution < 1.29 is 27.2 Å². The van der Waals surface area contributed by atoms with Crippen molar-refractivity contribution in [2.75, 3.05) is 11.1 Å². The van der Waals surface area contributed by atoms with Crippen LogP contribution >= 0.6 is 11.6 Å². The van der Waals surface area contributed by atoms with E-state index in [2.05, 4.69) is 20.8 Å². The Labute approximate surface area is 172 Å². The molecule has 1 aromatic carbocycles. The fourth-order valence-corrected chi connectivity index (χ4v) is 3.17. The molecular weight excluding hydrogens is 424 g/mol. The Hall–Kier alpha value is -2.66. The molecule has 0 aliphatic heterocycles. The molecule has 0 bridgehead atoms. The fraction of sp³-hybridized carbons (Fsp3) is 0.412. The molecule has 0 unspecified atom stereocenters. The Morgan fingerprint density at radius 2 is 1.97 bits per heavy atom. The van der Waals surface area contributed by atoms with Crippen LogP contribution in [-0.4, -0.2) is 42.0 Å². The molecule has 0 aliphatic carbocycles. The van der Waals surface area contributed by atoms with Gasteiger partial charge < -0.3 is 19.8 Å². The number of rotatable bonds is 6. The zero-order chi connectivity index (χ0) is 21.8. The van der Waals surface area contributed by atoms with Crippen LogP contribution in [-0.2, 0) is 19.4 Å². The smallest absolute Gasteiger partial charge is 0.408 e. The summed E-state index contributed by atoms with van der Waals surface area (Å²) in [5, 5.41) is 11.6. The van der Waals surface area contributed by atoms with Gasteiger partial charge in [-0.3, -0.25) is 4.79 Å². The van der Waals surface area contributed by atoms with Crippen LogP contribution in [0.1, 0.15) is 39.6 Å². The van der Waals surface area contributed by atoms with E-state index in [9.17, 15) is 18.0 Å². The minimum Gasteiger partial charge on any atom is -0.444 e. The van der Waals surface area contributed by atoms with Crippen LogP contribution in [0.5, 0.6) is 0 Å². The number of hydrogen-bond acceptors (Lipinski definition) is 8. The molecule has 2 aromatic rings. The Bertz CT molecular complexity index is 999. The van der Waals surface area contributed by atoms with Crippen molar-refractivity contribution in [2.24, 2.45) is 0 Å². The van der Waals surface area contributed by atoms with E-state index in [4.69, 9.17) is 20.8 Å². The molecule has 0 saturated heterocycles. The number of halogens is 1. The van der Waals surface area contributed by atoms with Gasteiger partial charge in [-0.1, -0.05) is 22.8 Å². The summed E-state index contributed by atoms with van der Waals surface area (Å²) in [4.78, 5) is 23.8. The predicted molar refractivity (Wildman–Crippen MR) is 104 cm³/mol. The summed E-state index contributed by atoms with van der Waals surface area (Å²) >= 11 is 5.82. The maximum Gasteiger partial charge on any atom is 0.408 e. The second kappa shape index (κ2) is 8.78. The first kappa shape index (κ1) is 22.6. The summed E-state index contributed by atoms with van der Waals surface area (Å²) < 4.78 is 34.9. The summed E-state index contributed by atoms with van der Waals surface area (Å²) in [6, 6.07) is 5.45. The molecule has 0 spiro atoms. The van der Waals surface area contributed by atoms with Crippen molar-refractivity contribution in [1.82, 2.24) is 15.5 Å². The van der Waals surface area contributed by atoms with E-state index in [1.807, 2.05) is 0 Å². The monoisotopic (exact) mass is 444 g/mol. The molecular formula is C17H21ClN4O6S. The van der Waals surface area contributed by atoms with Crippen LogP contribution in [0.3, 0.4) is 0 Å².